The van der Waals surface area contributed by atoms with Gasteiger partial charge in [0, 0.05) is 18.8 Å². The van der Waals surface area contributed by atoms with Crippen LogP contribution in [0, 0.1) is 13.8 Å². The van der Waals surface area contributed by atoms with E-state index in [0.29, 0.717) is 30.4 Å². The van der Waals surface area contributed by atoms with Crippen molar-refractivity contribution in [1.82, 2.24) is 24.6 Å². The largest absolute Gasteiger partial charge is 0.447 e. The molecule has 0 N–H and O–H groups in total. The second-order valence-electron chi connectivity index (χ2n) is 7.86. The molecule has 4 aromatic rings. The molecule has 8 heteroatoms. The molecule has 0 unspecified atom stereocenters. The van der Waals surface area contributed by atoms with Crippen LogP contribution in [-0.4, -0.2) is 37.1 Å². The Kier molecular flexibility index (Phi) is 5.53. The van der Waals surface area contributed by atoms with Crippen LogP contribution in [0.15, 0.2) is 64.4 Å². The molecule has 3 heterocycles. The van der Waals surface area contributed by atoms with Crippen LogP contribution in [0.2, 0.25) is 0 Å². The Hall–Kier alpha value is -3.39. The Morgan fingerprint density at radius 1 is 1.06 bits per heavy atom. The van der Waals surface area contributed by atoms with Crippen LogP contribution in [0.3, 0.4) is 0 Å². The first kappa shape index (κ1) is 20.5. The number of rotatable bonds is 5. The standard InChI is InChI=1S/C24H23N5O2S/c1-16-7-9-20(10-8-16)29-17(2)26-27-24(29)32-15-22-25-21(14-31-22)23(30)28-12-11-18-5-3-4-6-19(18)13-28/h3-10,14H,11-13,15H2,1-2H3. The van der Waals surface area contributed by atoms with Crippen LogP contribution in [-0.2, 0) is 18.7 Å². The molecule has 2 aromatic heterocycles. The van der Waals surface area contributed by atoms with E-state index in [9.17, 15) is 4.79 Å². The van der Waals surface area contributed by atoms with E-state index in [2.05, 4.69) is 58.5 Å². The van der Waals surface area contributed by atoms with Gasteiger partial charge in [0.05, 0.1) is 5.75 Å². The average molecular weight is 446 g/mol. The molecule has 1 aliphatic rings. The number of nitrogens with zero attached hydrogens (tertiary/aromatic N) is 5. The Labute approximate surface area is 190 Å². The van der Waals surface area contributed by atoms with Gasteiger partial charge < -0.3 is 9.32 Å². The van der Waals surface area contributed by atoms with Crippen molar-refractivity contribution < 1.29 is 9.21 Å². The summed E-state index contributed by atoms with van der Waals surface area (Å²) < 4.78 is 7.60. The zero-order valence-corrected chi connectivity index (χ0v) is 18.8. The monoisotopic (exact) mass is 445 g/mol. The molecule has 2 aromatic carbocycles. The van der Waals surface area contributed by atoms with Crippen LogP contribution in [0.5, 0.6) is 0 Å². The fraction of sp³-hybridized carbons (Fsp3) is 0.250. The smallest absolute Gasteiger partial charge is 0.276 e. The third-order valence-corrected chi connectivity index (χ3v) is 6.51. The van der Waals surface area contributed by atoms with Crippen molar-refractivity contribution in [1.29, 1.82) is 0 Å². The molecule has 0 radical (unpaired) electrons. The number of thioether (sulfide) groups is 1. The van der Waals surface area contributed by atoms with Gasteiger partial charge in [0.15, 0.2) is 10.9 Å². The van der Waals surface area contributed by atoms with Crippen molar-refractivity contribution >= 4 is 17.7 Å². The molecule has 0 fully saturated rings. The van der Waals surface area contributed by atoms with E-state index in [0.717, 1.165) is 23.1 Å². The minimum atomic E-state index is -0.0989. The van der Waals surface area contributed by atoms with Crippen molar-refractivity contribution in [2.45, 2.75) is 37.7 Å². The second kappa shape index (κ2) is 8.63. The first-order chi connectivity index (χ1) is 15.6. The summed E-state index contributed by atoms with van der Waals surface area (Å²) in [7, 11) is 0. The van der Waals surface area contributed by atoms with E-state index in [-0.39, 0.29) is 5.91 Å². The lowest BCUT2D eigenvalue weighted by Gasteiger charge is -2.28. The summed E-state index contributed by atoms with van der Waals surface area (Å²) in [6.45, 7) is 5.27. The summed E-state index contributed by atoms with van der Waals surface area (Å²) in [5, 5.41) is 9.27. The molecule has 0 saturated heterocycles. The first-order valence-electron chi connectivity index (χ1n) is 10.5. The summed E-state index contributed by atoms with van der Waals surface area (Å²) in [5.74, 6) is 1.66. The molecule has 0 spiro atoms. The molecule has 32 heavy (non-hydrogen) atoms. The molecule has 7 nitrogen and oxygen atoms in total. The Balaban J connectivity index is 1.27. The molecule has 1 aliphatic heterocycles. The van der Waals surface area contributed by atoms with E-state index < -0.39 is 0 Å². The molecular formula is C24H23N5O2S. The number of carbonyl (C=O) groups excluding carboxylic acids is 1. The lowest BCUT2D eigenvalue weighted by Crippen LogP contribution is -2.36. The number of hydrogen-bond donors (Lipinski definition) is 0. The van der Waals surface area contributed by atoms with E-state index >= 15 is 0 Å². The van der Waals surface area contributed by atoms with Gasteiger partial charge in [0.1, 0.15) is 12.1 Å². The van der Waals surface area contributed by atoms with Gasteiger partial charge in [-0.2, -0.15) is 0 Å². The summed E-state index contributed by atoms with van der Waals surface area (Å²) in [6, 6.07) is 16.5. The van der Waals surface area contributed by atoms with Crippen LogP contribution in [0.1, 0.15) is 38.9 Å². The number of amides is 1. The molecule has 5 rings (SSSR count). The quantitative estimate of drug-likeness (QED) is 0.425. The van der Waals surface area contributed by atoms with Gasteiger partial charge >= 0.3 is 0 Å². The van der Waals surface area contributed by atoms with Gasteiger partial charge in [-0.3, -0.25) is 9.36 Å². The highest BCUT2D eigenvalue weighted by Gasteiger charge is 2.24. The van der Waals surface area contributed by atoms with Gasteiger partial charge in [-0.1, -0.05) is 53.7 Å². The second-order valence-corrected chi connectivity index (χ2v) is 8.80. The van der Waals surface area contributed by atoms with E-state index in [1.807, 2.05) is 28.5 Å². The number of carbonyl (C=O) groups is 1. The molecule has 0 aliphatic carbocycles. The van der Waals surface area contributed by atoms with Crippen molar-refractivity contribution in [2.75, 3.05) is 6.54 Å². The molecule has 1 amide bonds. The van der Waals surface area contributed by atoms with Crippen molar-refractivity contribution in [3.63, 3.8) is 0 Å². The van der Waals surface area contributed by atoms with Crippen LogP contribution in [0.4, 0.5) is 0 Å². The normalized spacial score (nSPS) is 13.2. The number of oxazole rings is 1. The molecule has 0 saturated carbocycles. The maximum absolute atomic E-state index is 12.9. The molecular weight excluding hydrogens is 422 g/mol. The van der Waals surface area contributed by atoms with Crippen molar-refractivity contribution in [3.8, 4) is 5.69 Å². The SMILES string of the molecule is Cc1ccc(-n2c(C)nnc2SCc2nc(C(=O)N3CCc4ccccc4C3)co2)cc1. The summed E-state index contributed by atoms with van der Waals surface area (Å²) in [5.41, 5.74) is 5.05. The number of benzene rings is 2. The van der Waals surface area contributed by atoms with Crippen molar-refractivity contribution in [3.05, 3.63) is 88.9 Å². The number of hydrogen-bond acceptors (Lipinski definition) is 6. The predicted octanol–water partition coefficient (Wildman–Crippen LogP) is 4.36. The zero-order chi connectivity index (χ0) is 22.1. The maximum atomic E-state index is 12.9. The number of aryl methyl sites for hydroxylation is 2. The lowest BCUT2D eigenvalue weighted by atomic mass is 10.00. The van der Waals surface area contributed by atoms with Gasteiger partial charge in [0.25, 0.3) is 5.91 Å². The lowest BCUT2D eigenvalue weighted by molar-refractivity contribution is 0.0728. The Bertz CT molecular complexity index is 1260. The minimum absolute atomic E-state index is 0.0989. The third-order valence-electron chi connectivity index (χ3n) is 5.60. The van der Waals surface area contributed by atoms with Gasteiger partial charge in [-0.25, -0.2) is 4.98 Å². The van der Waals surface area contributed by atoms with Crippen LogP contribution >= 0.6 is 11.8 Å². The maximum Gasteiger partial charge on any atom is 0.276 e. The van der Waals surface area contributed by atoms with Crippen LogP contribution < -0.4 is 0 Å². The van der Waals surface area contributed by atoms with E-state index in [4.69, 9.17) is 4.42 Å². The van der Waals surface area contributed by atoms with Gasteiger partial charge in [0.2, 0.25) is 5.89 Å². The van der Waals surface area contributed by atoms with Crippen LogP contribution in [0.25, 0.3) is 5.69 Å². The molecule has 162 valence electrons. The summed E-state index contributed by atoms with van der Waals surface area (Å²) >= 11 is 1.48. The third kappa shape index (κ3) is 4.05. The molecule has 0 bridgehead atoms. The topological polar surface area (TPSA) is 77.1 Å². The number of fused-ring (bicyclic) bond motifs is 1. The Morgan fingerprint density at radius 2 is 1.84 bits per heavy atom. The highest BCUT2D eigenvalue weighted by molar-refractivity contribution is 7.98. The summed E-state index contributed by atoms with van der Waals surface area (Å²) in [6.07, 6.45) is 2.31. The van der Waals surface area contributed by atoms with Gasteiger partial charge in [-0.05, 0) is 43.5 Å². The number of aromatic nitrogens is 4. The minimum Gasteiger partial charge on any atom is -0.447 e. The zero-order valence-electron chi connectivity index (χ0n) is 18.0. The predicted molar refractivity (Wildman–Crippen MR) is 122 cm³/mol. The fourth-order valence-corrected chi connectivity index (χ4v) is 4.71. The highest BCUT2D eigenvalue weighted by atomic mass is 32.2. The highest BCUT2D eigenvalue weighted by Crippen LogP contribution is 2.26. The molecule has 0 atom stereocenters. The average Bonchev–Trinajstić information content (AvgIpc) is 3.44. The van der Waals surface area contributed by atoms with E-state index in [1.54, 1.807) is 0 Å². The Morgan fingerprint density at radius 3 is 2.66 bits per heavy atom. The van der Waals surface area contributed by atoms with Crippen molar-refractivity contribution in [2.24, 2.45) is 0 Å². The van der Waals surface area contributed by atoms with Gasteiger partial charge in [-0.15, -0.1) is 10.2 Å². The fourth-order valence-electron chi connectivity index (χ4n) is 3.86. The first-order valence-corrected chi connectivity index (χ1v) is 11.5. The van der Waals surface area contributed by atoms with E-state index in [1.165, 1.54) is 34.7 Å². The summed E-state index contributed by atoms with van der Waals surface area (Å²) in [4.78, 5) is 19.2.